The van der Waals surface area contributed by atoms with Gasteiger partial charge in [-0.1, -0.05) is 29.3 Å². The third-order valence-electron chi connectivity index (χ3n) is 2.01. The molecule has 2 aromatic rings. The maximum atomic E-state index is 13.6. The van der Waals surface area contributed by atoms with Crippen LogP contribution in [0.25, 0.3) is 0 Å². The molecule has 1 aromatic heterocycles. The van der Waals surface area contributed by atoms with Gasteiger partial charge in [0.25, 0.3) is 0 Å². The second-order valence-corrected chi connectivity index (χ2v) is 4.91. The molecular weight excluding hydrogens is 330 g/mol. The van der Waals surface area contributed by atoms with E-state index in [4.69, 9.17) is 23.2 Å². The van der Waals surface area contributed by atoms with Crippen LogP contribution in [0.4, 0.5) is 15.9 Å². The number of nitrogens with one attached hydrogen (secondary N) is 1. The Hall–Kier alpha value is -0.840. The molecule has 0 spiro atoms. The fourth-order valence-electron chi connectivity index (χ4n) is 1.23. The van der Waals surface area contributed by atoms with Gasteiger partial charge in [0, 0.05) is 6.20 Å². The van der Waals surface area contributed by atoms with Crippen molar-refractivity contribution >= 4 is 50.6 Å². The van der Waals surface area contributed by atoms with Crippen molar-refractivity contribution in [1.29, 1.82) is 0 Å². The van der Waals surface area contributed by atoms with Crippen LogP contribution in [0, 0.1) is 5.82 Å². The molecule has 1 heterocycles. The molecule has 0 saturated heterocycles. The molecule has 0 fully saturated rings. The minimum Gasteiger partial charge on any atom is -0.337 e. The number of anilines is 2. The van der Waals surface area contributed by atoms with E-state index in [1.54, 1.807) is 18.2 Å². The van der Waals surface area contributed by atoms with E-state index in [2.05, 4.69) is 26.2 Å². The van der Waals surface area contributed by atoms with Gasteiger partial charge in [-0.05, 0) is 34.1 Å². The lowest BCUT2D eigenvalue weighted by molar-refractivity contribution is 0.632. The summed E-state index contributed by atoms with van der Waals surface area (Å²) in [4.78, 5) is 4.04. The highest BCUT2D eigenvalue weighted by Crippen LogP contribution is 2.29. The van der Waals surface area contributed by atoms with Crippen LogP contribution < -0.4 is 5.32 Å². The molecule has 0 bridgehead atoms. The highest BCUT2D eigenvalue weighted by molar-refractivity contribution is 9.10. The number of hydrogen-bond acceptors (Lipinski definition) is 2. The molecule has 0 saturated carbocycles. The van der Waals surface area contributed by atoms with Crippen LogP contribution in [0.2, 0.25) is 10.0 Å². The first-order valence-corrected chi connectivity index (χ1v) is 6.15. The van der Waals surface area contributed by atoms with E-state index in [9.17, 15) is 4.39 Å². The molecule has 0 atom stereocenters. The molecule has 2 nitrogen and oxygen atoms in total. The molecule has 0 amide bonds. The van der Waals surface area contributed by atoms with Gasteiger partial charge in [-0.2, -0.15) is 0 Å². The van der Waals surface area contributed by atoms with Gasteiger partial charge in [0.2, 0.25) is 0 Å². The van der Waals surface area contributed by atoms with Crippen molar-refractivity contribution in [2.45, 2.75) is 0 Å². The largest absolute Gasteiger partial charge is 0.337 e. The quantitative estimate of drug-likeness (QED) is 0.832. The van der Waals surface area contributed by atoms with E-state index in [0.717, 1.165) is 0 Å². The lowest BCUT2D eigenvalue weighted by Gasteiger charge is -2.09. The first-order valence-electron chi connectivity index (χ1n) is 4.60. The van der Waals surface area contributed by atoms with Crippen LogP contribution in [0.5, 0.6) is 0 Å². The van der Waals surface area contributed by atoms with Gasteiger partial charge in [0.15, 0.2) is 5.82 Å². The minimum atomic E-state index is -0.516. The monoisotopic (exact) mass is 334 g/mol. The molecule has 88 valence electrons. The first kappa shape index (κ1) is 12.6. The van der Waals surface area contributed by atoms with Gasteiger partial charge in [-0.15, -0.1) is 0 Å². The summed E-state index contributed by atoms with van der Waals surface area (Å²) >= 11 is 14.7. The zero-order valence-electron chi connectivity index (χ0n) is 8.35. The number of benzene rings is 1. The maximum Gasteiger partial charge on any atom is 0.165 e. The number of rotatable bonds is 2. The summed E-state index contributed by atoms with van der Waals surface area (Å²) in [6.07, 6.45) is 1.47. The van der Waals surface area contributed by atoms with Crippen LogP contribution >= 0.6 is 39.1 Å². The number of hydrogen-bond donors (Lipinski definition) is 1. The summed E-state index contributed by atoms with van der Waals surface area (Å²) in [7, 11) is 0. The molecule has 1 aromatic carbocycles. The SMILES string of the molecule is Fc1c(Cl)cccc1Nc1ncc(Cl)cc1Br. The van der Waals surface area contributed by atoms with Crippen molar-refractivity contribution in [2.75, 3.05) is 5.32 Å². The molecular formula is C11H6BrCl2FN2. The zero-order chi connectivity index (χ0) is 12.4. The molecule has 17 heavy (non-hydrogen) atoms. The van der Waals surface area contributed by atoms with Crippen molar-refractivity contribution in [1.82, 2.24) is 4.98 Å². The maximum absolute atomic E-state index is 13.6. The van der Waals surface area contributed by atoms with Crippen LogP contribution in [0.15, 0.2) is 34.9 Å². The van der Waals surface area contributed by atoms with Gasteiger partial charge >= 0.3 is 0 Å². The summed E-state index contributed by atoms with van der Waals surface area (Å²) in [5.41, 5.74) is 0.257. The predicted molar refractivity (Wildman–Crippen MR) is 71.6 cm³/mol. The highest BCUT2D eigenvalue weighted by Gasteiger charge is 2.09. The third kappa shape index (κ3) is 2.89. The number of halogens is 4. The van der Waals surface area contributed by atoms with E-state index in [1.807, 2.05) is 0 Å². The summed E-state index contributed by atoms with van der Waals surface area (Å²) in [6.45, 7) is 0. The number of aromatic nitrogens is 1. The third-order valence-corrected chi connectivity index (χ3v) is 3.12. The summed E-state index contributed by atoms with van der Waals surface area (Å²) < 4.78 is 14.3. The van der Waals surface area contributed by atoms with Gasteiger partial charge < -0.3 is 5.32 Å². The fourth-order valence-corrected chi connectivity index (χ4v) is 2.15. The Kier molecular flexibility index (Phi) is 3.86. The number of nitrogens with zero attached hydrogens (tertiary/aromatic N) is 1. The first-order chi connectivity index (χ1) is 8.08. The fraction of sp³-hybridized carbons (Fsp3) is 0. The molecule has 0 aliphatic carbocycles. The Balaban J connectivity index is 2.35. The van der Waals surface area contributed by atoms with Crippen molar-refractivity contribution in [3.8, 4) is 0 Å². The van der Waals surface area contributed by atoms with E-state index < -0.39 is 5.82 Å². The molecule has 1 N–H and O–H groups in total. The molecule has 0 aliphatic rings. The Labute approximate surface area is 116 Å². The normalized spacial score (nSPS) is 10.4. The summed E-state index contributed by atoms with van der Waals surface area (Å²) in [5, 5.41) is 3.38. The second-order valence-electron chi connectivity index (χ2n) is 3.21. The molecule has 0 unspecified atom stereocenters. The highest BCUT2D eigenvalue weighted by atomic mass is 79.9. The summed E-state index contributed by atoms with van der Waals surface area (Å²) in [5.74, 6) is -0.0478. The lowest BCUT2D eigenvalue weighted by atomic mass is 10.3. The molecule has 0 aliphatic heterocycles. The average molecular weight is 336 g/mol. The Bertz CT molecular complexity index is 563. The van der Waals surface area contributed by atoms with Crippen LogP contribution in [-0.4, -0.2) is 4.98 Å². The van der Waals surface area contributed by atoms with Crippen molar-refractivity contribution in [3.05, 3.63) is 50.8 Å². The smallest absolute Gasteiger partial charge is 0.165 e. The van der Waals surface area contributed by atoms with E-state index in [1.165, 1.54) is 12.3 Å². The molecule has 6 heteroatoms. The number of pyridine rings is 1. The van der Waals surface area contributed by atoms with Crippen LogP contribution in [0.3, 0.4) is 0 Å². The van der Waals surface area contributed by atoms with Crippen molar-refractivity contribution < 1.29 is 4.39 Å². The Morgan fingerprint density at radius 1 is 1.29 bits per heavy atom. The Morgan fingerprint density at radius 2 is 2.06 bits per heavy atom. The van der Waals surface area contributed by atoms with Gasteiger partial charge in [0.05, 0.1) is 20.2 Å². The van der Waals surface area contributed by atoms with E-state index in [0.29, 0.717) is 15.3 Å². The standard InChI is InChI=1S/C11H6BrCl2FN2/c12-7-4-6(13)5-16-11(7)17-9-3-1-2-8(14)10(9)15/h1-5H,(H,16,17). The lowest BCUT2D eigenvalue weighted by Crippen LogP contribution is -1.97. The van der Waals surface area contributed by atoms with Crippen molar-refractivity contribution in [2.24, 2.45) is 0 Å². The zero-order valence-corrected chi connectivity index (χ0v) is 11.4. The van der Waals surface area contributed by atoms with Gasteiger partial charge in [-0.3, -0.25) is 0 Å². The van der Waals surface area contributed by atoms with Gasteiger partial charge in [-0.25, -0.2) is 9.37 Å². The second kappa shape index (κ2) is 5.21. The molecule has 2 rings (SSSR count). The van der Waals surface area contributed by atoms with Crippen molar-refractivity contribution in [3.63, 3.8) is 0 Å². The minimum absolute atomic E-state index is 0.0556. The van der Waals surface area contributed by atoms with E-state index >= 15 is 0 Å². The van der Waals surface area contributed by atoms with E-state index in [-0.39, 0.29) is 10.7 Å². The van der Waals surface area contributed by atoms with Crippen LogP contribution in [0.1, 0.15) is 0 Å². The molecule has 0 radical (unpaired) electrons. The Morgan fingerprint density at radius 3 is 2.76 bits per heavy atom. The van der Waals surface area contributed by atoms with Crippen LogP contribution in [-0.2, 0) is 0 Å². The topological polar surface area (TPSA) is 24.9 Å². The summed E-state index contributed by atoms with van der Waals surface area (Å²) in [6, 6.07) is 6.37. The predicted octanol–water partition coefficient (Wildman–Crippen LogP) is 5.03. The average Bonchev–Trinajstić information content (AvgIpc) is 2.28. The van der Waals surface area contributed by atoms with Gasteiger partial charge in [0.1, 0.15) is 5.82 Å².